The van der Waals surface area contributed by atoms with E-state index in [1.807, 2.05) is 36.4 Å². The van der Waals surface area contributed by atoms with Crippen molar-refractivity contribution in [1.82, 2.24) is 5.32 Å². The Hall–Kier alpha value is -1.71. The highest BCUT2D eigenvalue weighted by atomic mass is 19.1. The van der Waals surface area contributed by atoms with Gasteiger partial charge >= 0.3 is 0 Å². The quantitative estimate of drug-likeness (QED) is 0.882. The van der Waals surface area contributed by atoms with Crippen LogP contribution in [0.2, 0.25) is 0 Å². The smallest absolute Gasteiger partial charge is 0.123 e. The number of aliphatic hydroxyl groups is 1. The predicted octanol–water partition coefficient (Wildman–Crippen LogP) is 3.39. The summed E-state index contributed by atoms with van der Waals surface area (Å²) in [5.41, 5.74) is 2.18. The molecule has 1 saturated carbocycles. The molecule has 0 heterocycles. The molecule has 1 fully saturated rings. The SMILES string of the molecule is OC[C@@H](NC1CC(c2cccc(F)c2)C1)c1ccccc1. The third-order valence-corrected chi connectivity index (χ3v) is 4.28. The summed E-state index contributed by atoms with van der Waals surface area (Å²) in [5.74, 6) is 0.259. The Labute approximate surface area is 124 Å². The fraction of sp³-hybridized carbons (Fsp3) is 0.333. The largest absolute Gasteiger partial charge is 0.394 e. The molecule has 21 heavy (non-hydrogen) atoms. The molecule has 0 spiro atoms. The van der Waals surface area contributed by atoms with Crippen LogP contribution >= 0.6 is 0 Å². The topological polar surface area (TPSA) is 32.3 Å². The minimum absolute atomic E-state index is 0.0235. The molecular weight excluding hydrogens is 265 g/mol. The zero-order valence-electron chi connectivity index (χ0n) is 11.9. The summed E-state index contributed by atoms with van der Waals surface area (Å²) >= 11 is 0. The lowest BCUT2D eigenvalue weighted by Gasteiger charge is -2.38. The van der Waals surface area contributed by atoms with Crippen molar-refractivity contribution in [2.24, 2.45) is 0 Å². The van der Waals surface area contributed by atoms with Gasteiger partial charge < -0.3 is 10.4 Å². The third kappa shape index (κ3) is 3.31. The summed E-state index contributed by atoms with van der Waals surface area (Å²) in [4.78, 5) is 0. The molecule has 1 aliphatic carbocycles. The van der Waals surface area contributed by atoms with Gasteiger partial charge in [-0.1, -0.05) is 42.5 Å². The van der Waals surface area contributed by atoms with Crippen LogP contribution in [0.3, 0.4) is 0 Å². The lowest BCUT2D eigenvalue weighted by Crippen LogP contribution is -2.43. The Morgan fingerprint density at radius 3 is 2.52 bits per heavy atom. The molecule has 0 aromatic heterocycles. The highest BCUT2D eigenvalue weighted by Crippen LogP contribution is 2.38. The van der Waals surface area contributed by atoms with Crippen LogP contribution in [-0.4, -0.2) is 17.8 Å². The Morgan fingerprint density at radius 2 is 1.86 bits per heavy atom. The summed E-state index contributed by atoms with van der Waals surface area (Å²) in [7, 11) is 0. The van der Waals surface area contributed by atoms with Gasteiger partial charge in [0.1, 0.15) is 5.82 Å². The second kappa shape index (κ2) is 6.37. The lowest BCUT2D eigenvalue weighted by atomic mass is 9.75. The van der Waals surface area contributed by atoms with E-state index in [0.717, 1.165) is 24.0 Å². The molecule has 0 saturated heterocycles. The van der Waals surface area contributed by atoms with Crippen molar-refractivity contribution in [3.8, 4) is 0 Å². The van der Waals surface area contributed by atoms with E-state index in [4.69, 9.17) is 0 Å². The van der Waals surface area contributed by atoms with Gasteiger partial charge in [0.2, 0.25) is 0 Å². The van der Waals surface area contributed by atoms with Crippen molar-refractivity contribution < 1.29 is 9.50 Å². The van der Waals surface area contributed by atoms with Gasteiger partial charge in [-0.05, 0) is 42.0 Å². The number of benzene rings is 2. The highest BCUT2D eigenvalue weighted by Gasteiger charge is 2.31. The zero-order chi connectivity index (χ0) is 14.7. The second-order valence-electron chi connectivity index (χ2n) is 5.73. The summed E-state index contributed by atoms with van der Waals surface area (Å²) in [5, 5.41) is 13.0. The Balaban J connectivity index is 1.57. The van der Waals surface area contributed by atoms with Crippen molar-refractivity contribution in [3.05, 3.63) is 71.5 Å². The van der Waals surface area contributed by atoms with Crippen LogP contribution in [0.15, 0.2) is 54.6 Å². The highest BCUT2D eigenvalue weighted by molar-refractivity contribution is 5.25. The molecule has 3 rings (SSSR count). The number of hydrogen-bond acceptors (Lipinski definition) is 2. The molecule has 0 unspecified atom stereocenters. The Kier molecular flexibility index (Phi) is 4.32. The van der Waals surface area contributed by atoms with Crippen LogP contribution in [0, 0.1) is 5.82 Å². The van der Waals surface area contributed by atoms with Crippen molar-refractivity contribution in [2.45, 2.75) is 30.8 Å². The molecule has 1 atom stereocenters. The van der Waals surface area contributed by atoms with Gasteiger partial charge in [-0.2, -0.15) is 0 Å². The molecule has 0 amide bonds. The van der Waals surface area contributed by atoms with Gasteiger partial charge in [0, 0.05) is 6.04 Å². The van der Waals surface area contributed by atoms with Crippen LogP contribution < -0.4 is 5.32 Å². The van der Waals surface area contributed by atoms with Crippen molar-refractivity contribution >= 4 is 0 Å². The first-order valence-corrected chi connectivity index (χ1v) is 7.43. The van der Waals surface area contributed by atoms with Gasteiger partial charge in [-0.15, -0.1) is 0 Å². The van der Waals surface area contributed by atoms with E-state index in [9.17, 15) is 9.50 Å². The average Bonchev–Trinajstić information content (AvgIpc) is 2.47. The average molecular weight is 285 g/mol. The first-order chi connectivity index (χ1) is 10.3. The van der Waals surface area contributed by atoms with Crippen molar-refractivity contribution in [1.29, 1.82) is 0 Å². The van der Waals surface area contributed by atoms with Crippen LogP contribution in [0.4, 0.5) is 4.39 Å². The van der Waals surface area contributed by atoms with Crippen molar-refractivity contribution in [3.63, 3.8) is 0 Å². The molecule has 2 nitrogen and oxygen atoms in total. The fourth-order valence-corrected chi connectivity index (χ4v) is 3.01. The van der Waals surface area contributed by atoms with Gasteiger partial charge in [0.15, 0.2) is 0 Å². The number of halogens is 1. The van der Waals surface area contributed by atoms with Crippen LogP contribution in [0.5, 0.6) is 0 Å². The van der Waals surface area contributed by atoms with E-state index < -0.39 is 0 Å². The normalized spacial score (nSPS) is 22.6. The van der Waals surface area contributed by atoms with E-state index in [0.29, 0.717) is 12.0 Å². The van der Waals surface area contributed by atoms with E-state index in [1.54, 1.807) is 12.1 Å². The summed E-state index contributed by atoms with van der Waals surface area (Å²) < 4.78 is 13.2. The third-order valence-electron chi connectivity index (χ3n) is 4.28. The zero-order valence-corrected chi connectivity index (χ0v) is 11.9. The first kappa shape index (κ1) is 14.2. The van der Waals surface area contributed by atoms with E-state index >= 15 is 0 Å². The number of nitrogens with one attached hydrogen (secondary N) is 1. The summed E-state index contributed by atoms with van der Waals surface area (Å²) in [6.45, 7) is 0.0884. The minimum atomic E-state index is -0.165. The Bertz CT molecular complexity index is 581. The van der Waals surface area contributed by atoms with Crippen LogP contribution in [-0.2, 0) is 0 Å². The second-order valence-corrected chi connectivity index (χ2v) is 5.73. The van der Waals surface area contributed by atoms with E-state index in [-0.39, 0.29) is 18.5 Å². The molecule has 0 aliphatic heterocycles. The van der Waals surface area contributed by atoms with Gasteiger partial charge in [0.25, 0.3) is 0 Å². The number of rotatable bonds is 5. The predicted molar refractivity (Wildman–Crippen MR) is 81.6 cm³/mol. The lowest BCUT2D eigenvalue weighted by molar-refractivity contribution is 0.197. The first-order valence-electron chi connectivity index (χ1n) is 7.43. The molecule has 2 aromatic rings. The van der Waals surface area contributed by atoms with Gasteiger partial charge in [-0.25, -0.2) is 4.39 Å². The minimum Gasteiger partial charge on any atom is -0.394 e. The van der Waals surface area contributed by atoms with Crippen LogP contribution in [0.1, 0.15) is 35.9 Å². The molecule has 110 valence electrons. The fourth-order valence-electron chi connectivity index (χ4n) is 3.01. The summed E-state index contributed by atoms with van der Waals surface area (Å²) in [6.07, 6.45) is 1.99. The van der Waals surface area contributed by atoms with Gasteiger partial charge in [-0.3, -0.25) is 0 Å². The Morgan fingerprint density at radius 1 is 1.10 bits per heavy atom. The molecule has 1 aliphatic rings. The van der Waals surface area contributed by atoms with E-state index in [1.165, 1.54) is 6.07 Å². The molecule has 0 radical (unpaired) electrons. The monoisotopic (exact) mass is 285 g/mol. The molecule has 0 bridgehead atoms. The van der Waals surface area contributed by atoms with Crippen LogP contribution in [0.25, 0.3) is 0 Å². The molecule has 3 heteroatoms. The number of aliphatic hydroxyl groups excluding tert-OH is 1. The molecule has 2 aromatic carbocycles. The molecular formula is C18H20FNO. The maximum absolute atomic E-state index is 13.2. The number of hydrogen-bond donors (Lipinski definition) is 2. The maximum Gasteiger partial charge on any atom is 0.123 e. The van der Waals surface area contributed by atoms with Gasteiger partial charge in [0.05, 0.1) is 12.6 Å². The van der Waals surface area contributed by atoms with Crippen molar-refractivity contribution in [2.75, 3.05) is 6.61 Å². The molecule has 2 N–H and O–H groups in total. The van der Waals surface area contributed by atoms with E-state index in [2.05, 4.69) is 5.32 Å². The standard InChI is InChI=1S/C18H20FNO/c19-16-8-4-7-14(9-16)15-10-17(11-15)20-18(12-21)13-5-2-1-3-6-13/h1-9,15,17-18,20-21H,10-12H2/t15?,17?,18-/m1/s1. The maximum atomic E-state index is 13.2. The summed E-state index contributed by atoms with van der Waals surface area (Å²) in [6, 6.07) is 17.2.